The van der Waals surface area contributed by atoms with Crippen LogP contribution in [0.25, 0.3) is 11.4 Å². The van der Waals surface area contributed by atoms with Crippen molar-refractivity contribution in [3.63, 3.8) is 0 Å². The van der Waals surface area contributed by atoms with Crippen molar-refractivity contribution in [1.29, 1.82) is 0 Å². The third kappa shape index (κ3) is 5.36. The first-order chi connectivity index (χ1) is 15.4. The number of carbonyl (C=O) groups is 1. The number of carbonyl (C=O) groups excluding carboxylic acids is 1. The van der Waals surface area contributed by atoms with E-state index < -0.39 is 17.7 Å². The minimum Gasteiger partial charge on any atom is -0.497 e. The van der Waals surface area contributed by atoms with Gasteiger partial charge in [-0.25, -0.2) is 18.6 Å². The SMILES string of the molecule is COc1ccc(NC(=O)N/C(N)=N/C(=C(\N)c2ccncc2F)c2ccccc2F)cc1. The third-order valence-electron chi connectivity index (χ3n) is 4.27. The zero-order chi connectivity index (χ0) is 23.1. The van der Waals surface area contributed by atoms with Crippen molar-refractivity contribution in [3.8, 4) is 5.75 Å². The molecule has 6 N–H and O–H groups in total. The van der Waals surface area contributed by atoms with Gasteiger partial charge in [0.05, 0.1) is 19.0 Å². The van der Waals surface area contributed by atoms with E-state index in [-0.39, 0.29) is 28.5 Å². The van der Waals surface area contributed by atoms with E-state index in [2.05, 4.69) is 20.6 Å². The number of anilines is 1. The Morgan fingerprint density at radius 1 is 1.00 bits per heavy atom. The number of rotatable bonds is 5. The van der Waals surface area contributed by atoms with Gasteiger partial charge in [-0.1, -0.05) is 12.1 Å². The summed E-state index contributed by atoms with van der Waals surface area (Å²) in [5, 5.41) is 4.89. The summed E-state index contributed by atoms with van der Waals surface area (Å²) in [4.78, 5) is 20.0. The Kier molecular flexibility index (Phi) is 6.96. The Bertz CT molecular complexity index is 1180. The summed E-state index contributed by atoms with van der Waals surface area (Å²) < 4.78 is 33.7. The first-order valence-electron chi connectivity index (χ1n) is 9.29. The number of aromatic nitrogens is 1. The predicted octanol–water partition coefficient (Wildman–Crippen LogP) is 3.29. The number of guanidine groups is 1. The number of ether oxygens (including phenoxy) is 1. The molecular weight excluding hydrogens is 418 g/mol. The number of nitrogens with zero attached hydrogens (tertiary/aromatic N) is 2. The van der Waals surface area contributed by atoms with Crippen LogP contribution < -0.4 is 26.8 Å². The number of hydrogen-bond acceptors (Lipinski definition) is 5. The minimum atomic E-state index is -0.724. The fourth-order valence-electron chi connectivity index (χ4n) is 2.74. The summed E-state index contributed by atoms with van der Waals surface area (Å²) in [7, 11) is 1.52. The maximum absolute atomic E-state index is 14.5. The molecular formula is C22H20F2N6O2. The molecule has 8 nitrogen and oxygen atoms in total. The van der Waals surface area contributed by atoms with Crippen LogP contribution in [0.5, 0.6) is 5.75 Å². The molecule has 164 valence electrons. The van der Waals surface area contributed by atoms with Crippen molar-refractivity contribution < 1.29 is 18.3 Å². The fourth-order valence-corrected chi connectivity index (χ4v) is 2.74. The van der Waals surface area contributed by atoms with Crippen molar-refractivity contribution in [2.24, 2.45) is 16.5 Å². The number of halogens is 2. The van der Waals surface area contributed by atoms with E-state index in [0.717, 1.165) is 6.20 Å². The van der Waals surface area contributed by atoms with Crippen molar-refractivity contribution in [2.75, 3.05) is 12.4 Å². The Balaban J connectivity index is 1.91. The number of aliphatic imine (C=N–C) groups is 1. The molecule has 0 aliphatic heterocycles. The molecule has 2 amide bonds. The normalized spacial score (nSPS) is 12.0. The third-order valence-corrected chi connectivity index (χ3v) is 4.27. The molecule has 0 saturated carbocycles. The van der Waals surface area contributed by atoms with Gasteiger partial charge in [-0.2, -0.15) is 0 Å². The molecule has 2 aromatic carbocycles. The van der Waals surface area contributed by atoms with Crippen LogP contribution in [0, 0.1) is 11.6 Å². The van der Waals surface area contributed by atoms with Gasteiger partial charge in [-0.05, 0) is 42.5 Å². The average Bonchev–Trinajstić information content (AvgIpc) is 2.78. The molecule has 32 heavy (non-hydrogen) atoms. The Hall–Kier alpha value is -4.47. The topological polar surface area (TPSA) is 128 Å². The number of pyridine rings is 1. The van der Waals surface area contributed by atoms with Gasteiger partial charge in [0.25, 0.3) is 0 Å². The van der Waals surface area contributed by atoms with Crippen molar-refractivity contribution in [1.82, 2.24) is 10.3 Å². The lowest BCUT2D eigenvalue weighted by molar-refractivity contribution is 0.256. The highest BCUT2D eigenvalue weighted by Gasteiger charge is 2.16. The largest absolute Gasteiger partial charge is 0.497 e. The van der Waals surface area contributed by atoms with Gasteiger partial charge < -0.3 is 21.5 Å². The van der Waals surface area contributed by atoms with Crippen LogP contribution in [-0.2, 0) is 0 Å². The number of nitrogens with two attached hydrogens (primary N) is 2. The zero-order valence-electron chi connectivity index (χ0n) is 17.0. The van der Waals surface area contributed by atoms with Crippen molar-refractivity contribution in [2.45, 2.75) is 0 Å². The van der Waals surface area contributed by atoms with E-state index >= 15 is 0 Å². The molecule has 0 unspecified atom stereocenters. The smallest absolute Gasteiger partial charge is 0.325 e. The van der Waals surface area contributed by atoms with E-state index in [1.54, 1.807) is 30.3 Å². The predicted molar refractivity (Wildman–Crippen MR) is 118 cm³/mol. The summed E-state index contributed by atoms with van der Waals surface area (Å²) in [6, 6.07) is 12.8. The van der Waals surface area contributed by atoms with Crippen LogP contribution >= 0.6 is 0 Å². The first-order valence-corrected chi connectivity index (χ1v) is 9.29. The van der Waals surface area contributed by atoms with Gasteiger partial charge in [0.1, 0.15) is 17.3 Å². The molecule has 1 aromatic heterocycles. The van der Waals surface area contributed by atoms with Gasteiger partial charge in [-0.3, -0.25) is 10.3 Å². The van der Waals surface area contributed by atoms with Gasteiger partial charge in [0.15, 0.2) is 5.82 Å². The van der Waals surface area contributed by atoms with Crippen LogP contribution in [-0.4, -0.2) is 24.1 Å². The number of benzene rings is 2. The number of amides is 2. The molecule has 0 saturated heterocycles. The van der Waals surface area contributed by atoms with Crippen molar-refractivity contribution in [3.05, 3.63) is 89.8 Å². The molecule has 3 rings (SSSR count). The molecule has 0 spiro atoms. The minimum absolute atomic E-state index is 0.0264. The number of nitrogens with one attached hydrogen (secondary N) is 2. The lowest BCUT2D eigenvalue weighted by atomic mass is 10.1. The maximum Gasteiger partial charge on any atom is 0.325 e. The molecule has 0 radical (unpaired) electrons. The lowest BCUT2D eigenvalue weighted by Gasteiger charge is -2.12. The highest BCUT2D eigenvalue weighted by atomic mass is 19.1. The second-order valence-corrected chi connectivity index (χ2v) is 6.40. The van der Waals surface area contributed by atoms with E-state index in [0.29, 0.717) is 11.4 Å². The van der Waals surface area contributed by atoms with Crippen LogP contribution in [0.4, 0.5) is 19.3 Å². The van der Waals surface area contributed by atoms with Gasteiger partial charge in [0, 0.05) is 23.0 Å². The van der Waals surface area contributed by atoms with Crippen LogP contribution in [0.2, 0.25) is 0 Å². The zero-order valence-corrected chi connectivity index (χ0v) is 17.0. The van der Waals surface area contributed by atoms with E-state index in [1.165, 1.54) is 37.6 Å². The molecule has 10 heteroatoms. The quantitative estimate of drug-likeness (QED) is 0.359. The molecule has 0 aliphatic rings. The van der Waals surface area contributed by atoms with Crippen molar-refractivity contribution >= 4 is 29.1 Å². The van der Waals surface area contributed by atoms with E-state index in [4.69, 9.17) is 16.2 Å². The first kappa shape index (κ1) is 22.2. The maximum atomic E-state index is 14.5. The Morgan fingerprint density at radius 3 is 2.38 bits per heavy atom. The fraction of sp³-hybridized carbons (Fsp3) is 0.0455. The summed E-state index contributed by atoms with van der Waals surface area (Å²) in [6.07, 6.45) is 2.30. The molecule has 0 aliphatic carbocycles. The van der Waals surface area contributed by atoms with Crippen LogP contribution in [0.15, 0.2) is 72.0 Å². The van der Waals surface area contributed by atoms with Crippen LogP contribution in [0.3, 0.4) is 0 Å². The lowest BCUT2D eigenvalue weighted by Crippen LogP contribution is -2.39. The second-order valence-electron chi connectivity index (χ2n) is 6.40. The van der Waals surface area contributed by atoms with E-state index in [9.17, 15) is 13.6 Å². The molecule has 0 atom stereocenters. The van der Waals surface area contributed by atoms with Crippen LogP contribution in [0.1, 0.15) is 11.1 Å². The second kappa shape index (κ2) is 10.0. The molecule has 0 fully saturated rings. The number of urea groups is 1. The highest BCUT2D eigenvalue weighted by Crippen LogP contribution is 2.27. The van der Waals surface area contributed by atoms with Gasteiger partial charge in [-0.15, -0.1) is 0 Å². The Labute approximate surface area is 182 Å². The average molecular weight is 438 g/mol. The molecule has 1 heterocycles. The van der Waals surface area contributed by atoms with Gasteiger partial charge in [0.2, 0.25) is 5.96 Å². The Morgan fingerprint density at radius 2 is 1.72 bits per heavy atom. The number of methoxy groups -OCH3 is 1. The monoisotopic (exact) mass is 438 g/mol. The molecule has 3 aromatic rings. The summed E-state index contributed by atoms with van der Waals surface area (Å²) in [6.45, 7) is 0. The van der Waals surface area contributed by atoms with Gasteiger partial charge >= 0.3 is 6.03 Å². The summed E-state index contributed by atoms with van der Waals surface area (Å²) in [5.74, 6) is -1.14. The summed E-state index contributed by atoms with van der Waals surface area (Å²) >= 11 is 0. The summed E-state index contributed by atoms with van der Waals surface area (Å²) in [5.41, 5.74) is 12.0. The van der Waals surface area contributed by atoms with E-state index in [1.807, 2.05) is 0 Å². The highest BCUT2D eigenvalue weighted by molar-refractivity contribution is 6.04. The molecule has 0 bridgehead atoms. The number of hydrogen-bond donors (Lipinski definition) is 4. The standard InChI is InChI=1S/C22H20F2N6O2/c1-32-14-8-6-13(7-9-14)28-22(31)30-21(26)29-20(16-4-2-3-5-17(16)23)19(25)15-10-11-27-12-18(15)24/h2-12H,25H2,1H3,(H4,26,28,29,30,31)/b20-19-.